The molecule has 2 aromatic carbocycles. The van der Waals surface area contributed by atoms with Gasteiger partial charge in [0.25, 0.3) is 23.4 Å². The lowest BCUT2D eigenvalue weighted by atomic mass is 9.84. The lowest BCUT2D eigenvalue weighted by Crippen LogP contribution is -2.56. The number of methoxy groups -OCH3 is 1. The van der Waals surface area contributed by atoms with E-state index in [2.05, 4.69) is 0 Å². The molecule has 2 aliphatic carbocycles. The van der Waals surface area contributed by atoms with E-state index in [0.29, 0.717) is 15.8 Å². The molecule has 2 bridgehead atoms. The van der Waals surface area contributed by atoms with Gasteiger partial charge >= 0.3 is 0 Å². The number of ether oxygens (including phenoxy) is 1. The number of hydrogen-bond acceptors (Lipinski definition) is 7. The van der Waals surface area contributed by atoms with Gasteiger partial charge < -0.3 is 4.74 Å². The fourth-order valence-electron chi connectivity index (χ4n) is 5.41. The minimum Gasteiger partial charge on any atom is -0.497 e. The molecular formula is C25H15Cl6N3O7. The van der Waals surface area contributed by atoms with Crippen LogP contribution in [0.25, 0.3) is 0 Å². The number of benzene rings is 2. The molecule has 5 rings (SSSR count). The van der Waals surface area contributed by atoms with Crippen molar-refractivity contribution in [3.63, 3.8) is 0 Å². The van der Waals surface area contributed by atoms with Crippen molar-refractivity contribution >= 4 is 98.8 Å². The van der Waals surface area contributed by atoms with Gasteiger partial charge in [0, 0.05) is 11.6 Å². The molecule has 214 valence electrons. The van der Waals surface area contributed by atoms with Gasteiger partial charge in [-0.2, -0.15) is 5.01 Å². The minimum absolute atomic E-state index is 0.0847. The van der Waals surface area contributed by atoms with E-state index in [0.717, 1.165) is 12.1 Å². The summed E-state index contributed by atoms with van der Waals surface area (Å²) in [6.45, 7) is -0.888. The molecule has 2 fully saturated rings. The smallest absolute Gasteiger partial charge is 0.282 e. The van der Waals surface area contributed by atoms with Gasteiger partial charge in [-0.25, -0.2) is 5.01 Å². The Bertz CT molecular complexity index is 1540. The first-order chi connectivity index (χ1) is 19.2. The lowest BCUT2D eigenvalue weighted by molar-refractivity contribution is -0.385. The summed E-state index contributed by atoms with van der Waals surface area (Å²) in [6, 6.07) is 10.6. The second kappa shape index (κ2) is 10.00. The largest absolute Gasteiger partial charge is 0.497 e. The first-order valence-corrected chi connectivity index (χ1v) is 13.8. The fourth-order valence-corrected chi connectivity index (χ4v) is 8.34. The van der Waals surface area contributed by atoms with Crippen molar-refractivity contribution in [3.8, 4) is 5.75 Å². The summed E-state index contributed by atoms with van der Waals surface area (Å²) in [4.78, 5) is 61.6. The van der Waals surface area contributed by atoms with Gasteiger partial charge in [-0.15, -0.1) is 23.2 Å². The normalized spacial score (nSPS) is 27.7. The highest BCUT2D eigenvalue weighted by Crippen LogP contribution is 2.77. The summed E-state index contributed by atoms with van der Waals surface area (Å²) in [5.74, 6) is -6.91. The molecule has 3 aliphatic rings. The molecule has 1 saturated carbocycles. The van der Waals surface area contributed by atoms with Crippen molar-refractivity contribution in [1.29, 1.82) is 0 Å². The van der Waals surface area contributed by atoms with Crippen LogP contribution in [0.5, 0.6) is 5.75 Å². The molecule has 1 aliphatic heterocycles. The number of imide groups is 1. The number of nitrogens with zero attached hydrogens (tertiary/aromatic N) is 3. The van der Waals surface area contributed by atoms with Gasteiger partial charge in [0.2, 0.25) is 0 Å². The van der Waals surface area contributed by atoms with Gasteiger partial charge in [-0.1, -0.05) is 58.5 Å². The Morgan fingerprint density at radius 2 is 1.46 bits per heavy atom. The van der Waals surface area contributed by atoms with Crippen LogP contribution in [0.1, 0.15) is 20.7 Å². The first kappa shape index (κ1) is 29.9. The SMILES string of the molecule is COc1ccc(C(=O)CN(C(=O)c2ccccc2[N+](=O)[O-])N2C(=O)[C@H]3[C@H](C2=O)[C@@]2(Cl)C(Cl)=C(Cl)[C@@]3(Cl)C2(Cl)Cl)cc1. The van der Waals surface area contributed by atoms with E-state index in [9.17, 15) is 29.3 Å². The van der Waals surface area contributed by atoms with Crippen molar-refractivity contribution in [3.05, 3.63) is 79.8 Å². The number of ketones is 1. The number of fused-ring (bicyclic) bond motifs is 5. The van der Waals surface area contributed by atoms with Crippen molar-refractivity contribution in [2.75, 3.05) is 13.7 Å². The third-order valence-corrected chi connectivity index (χ3v) is 11.7. The number of halogens is 6. The zero-order valence-corrected chi connectivity index (χ0v) is 25.0. The summed E-state index contributed by atoms with van der Waals surface area (Å²) in [5.41, 5.74) is -1.05. The number of rotatable bonds is 7. The molecule has 0 radical (unpaired) electrons. The molecule has 0 spiro atoms. The van der Waals surface area contributed by atoms with Crippen LogP contribution in [0, 0.1) is 22.0 Å². The average molecular weight is 682 g/mol. The standard InChI is InChI=1S/C25H15Cl6N3O7/c1-41-12-8-6-11(7-9-12)15(35)10-32(20(36)13-4-2-3-5-14(13)34(39)40)33-21(37)16-17(22(33)38)24(29)19(27)18(26)23(16,28)25(24,30)31/h2-9,16-17H,10H2,1H3/t16-,17-,23-,24-/m1/s1. The number of Topliss-reactive ketones (excluding diaryl/α,β-unsaturated/α-hetero) is 1. The van der Waals surface area contributed by atoms with Crippen LogP contribution in [0.15, 0.2) is 58.6 Å². The minimum atomic E-state index is -2.23. The lowest BCUT2D eigenvalue weighted by Gasteiger charge is -2.36. The van der Waals surface area contributed by atoms with E-state index in [1.165, 1.54) is 43.5 Å². The highest BCUT2D eigenvalue weighted by atomic mass is 35.5. The molecule has 16 heteroatoms. The van der Waals surface area contributed by atoms with E-state index >= 15 is 0 Å². The Labute approximate surface area is 261 Å². The number of hydrogen-bond donors (Lipinski definition) is 0. The zero-order chi connectivity index (χ0) is 30.2. The van der Waals surface area contributed by atoms with Crippen LogP contribution in [0.2, 0.25) is 0 Å². The van der Waals surface area contributed by atoms with Crippen molar-refractivity contribution < 1.29 is 28.8 Å². The molecule has 1 heterocycles. The number of hydrazine groups is 1. The zero-order valence-electron chi connectivity index (χ0n) is 20.4. The molecular weight excluding hydrogens is 667 g/mol. The molecule has 0 N–H and O–H groups in total. The summed E-state index contributed by atoms with van der Waals surface area (Å²) in [5, 5.41) is 11.9. The summed E-state index contributed by atoms with van der Waals surface area (Å²) < 4.78 is 2.86. The third kappa shape index (κ3) is 3.85. The Kier molecular flexibility index (Phi) is 7.29. The van der Waals surface area contributed by atoms with Crippen LogP contribution in [-0.4, -0.2) is 66.2 Å². The number of amides is 3. The van der Waals surface area contributed by atoms with Gasteiger partial charge in [-0.3, -0.25) is 29.3 Å². The van der Waals surface area contributed by atoms with Crippen molar-refractivity contribution in [2.24, 2.45) is 11.8 Å². The Morgan fingerprint density at radius 3 is 1.95 bits per heavy atom. The van der Waals surface area contributed by atoms with Gasteiger partial charge in [-0.05, 0) is 30.3 Å². The van der Waals surface area contributed by atoms with Gasteiger partial charge in [0.1, 0.15) is 27.6 Å². The summed E-state index contributed by atoms with van der Waals surface area (Å²) >= 11 is 39.2. The first-order valence-electron chi connectivity index (χ1n) is 11.6. The monoisotopic (exact) mass is 679 g/mol. The molecule has 2 aromatic rings. The molecule has 10 nitrogen and oxygen atoms in total. The number of nitro benzene ring substituents is 1. The second-order valence-corrected chi connectivity index (χ2v) is 12.6. The van der Waals surface area contributed by atoms with E-state index in [-0.39, 0.29) is 15.6 Å². The highest BCUT2D eigenvalue weighted by Gasteiger charge is 2.88. The number of nitro groups is 1. The van der Waals surface area contributed by atoms with Gasteiger partial charge in [0.15, 0.2) is 10.1 Å². The predicted octanol–water partition coefficient (Wildman–Crippen LogP) is 5.29. The summed E-state index contributed by atoms with van der Waals surface area (Å²) in [7, 11) is 1.43. The van der Waals surface area contributed by atoms with Crippen LogP contribution >= 0.6 is 69.6 Å². The van der Waals surface area contributed by atoms with E-state index in [4.69, 9.17) is 74.3 Å². The average Bonchev–Trinajstić information content (AvgIpc) is 3.34. The number of para-hydroxylation sites is 1. The molecule has 1 saturated heterocycles. The maximum absolute atomic E-state index is 13.9. The molecule has 0 unspecified atom stereocenters. The molecule has 3 amide bonds. The molecule has 41 heavy (non-hydrogen) atoms. The highest BCUT2D eigenvalue weighted by molar-refractivity contribution is 6.66. The second-order valence-electron chi connectivity index (χ2n) is 9.36. The van der Waals surface area contributed by atoms with Crippen LogP contribution in [0.3, 0.4) is 0 Å². The van der Waals surface area contributed by atoms with E-state index in [1.54, 1.807) is 0 Å². The van der Waals surface area contributed by atoms with Crippen LogP contribution in [-0.2, 0) is 9.59 Å². The summed E-state index contributed by atoms with van der Waals surface area (Å²) in [6.07, 6.45) is 0. The molecule has 0 aromatic heterocycles. The predicted molar refractivity (Wildman–Crippen MR) is 151 cm³/mol. The molecule has 4 atom stereocenters. The number of carbonyl (C=O) groups is 4. The number of carbonyl (C=O) groups excluding carboxylic acids is 4. The van der Waals surface area contributed by atoms with E-state index in [1.807, 2.05) is 0 Å². The topological polar surface area (TPSA) is 127 Å². The fraction of sp³-hybridized carbons (Fsp3) is 0.280. The third-order valence-electron chi connectivity index (χ3n) is 7.40. The number of alkyl halides is 4. The van der Waals surface area contributed by atoms with Crippen LogP contribution < -0.4 is 4.74 Å². The van der Waals surface area contributed by atoms with Crippen LogP contribution in [0.4, 0.5) is 5.69 Å². The Morgan fingerprint density at radius 1 is 0.951 bits per heavy atom. The van der Waals surface area contributed by atoms with Gasteiger partial charge in [0.05, 0.1) is 33.9 Å². The maximum Gasteiger partial charge on any atom is 0.282 e. The van der Waals surface area contributed by atoms with Crippen molar-refractivity contribution in [1.82, 2.24) is 10.0 Å². The number of allylic oxidation sites excluding steroid dienone is 2. The van der Waals surface area contributed by atoms with E-state index < -0.39 is 72.1 Å². The maximum atomic E-state index is 13.9. The van der Waals surface area contributed by atoms with Crippen molar-refractivity contribution in [2.45, 2.75) is 14.1 Å². The quantitative estimate of drug-likeness (QED) is 0.128. The Hall–Kier alpha value is -2.60. The Balaban J connectivity index is 1.62.